The molecular weight excluding hydrogens is 589 g/mol. The zero-order valence-corrected chi connectivity index (χ0v) is 28.7. The number of hydrogen-bond acceptors (Lipinski definition) is 4. The molecule has 0 heterocycles. The standard InChI is InChI=1S/C40H46FN3O3/c1-35(2)15-17-40(44-32(46)19-25(23-42)24-9-11-26(41)12-10-24)18-16-39(7)33(27(40)21-35)29(45)20-31-37(5)22-28(43-8)34(47)36(3,4)30(37)13-14-38(31,39)6/h9-12,19-20,22,27,30,33H,13-18,21H2,1-7H3,(H,44,46)/b25-19+/t27-,30-,33-,37-,38+,39+,40-/m0/s1. The van der Waals surface area contributed by atoms with Gasteiger partial charge in [0.2, 0.25) is 11.6 Å². The number of ketones is 2. The molecule has 1 amide bonds. The summed E-state index contributed by atoms with van der Waals surface area (Å²) in [6, 6.07) is 7.63. The molecule has 47 heavy (non-hydrogen) atoms. The monoisotopic (exact) mass is 635 g/mol. The number of hydrogen-bond donors (Lipinski definition) is 1. The number of carbonyl (C=O) groups is 3. The van der Waals surface area contributed by atoms with Crippen molar-refractivity contribution in [3.8, 4) is 6.07 Å². The molecular formula is C40H46FN3O3. The van der Waals surface area contributed by atoms with Gasteiger partial charge in [0, 0.05) is 28.4 Å². The minimum absolute atomic E-state index is 0.0157. The zero-order chi connectivity index (χ0) is 34.4. The molecule has 1 N–H and O–H groups in total. The number of amides is 1. The molecule has 6 nitrogen and oxygen atoms in total. The van der Waals surface area contributed by atoms with Gasteiger partial charge >= 0.3 is 0 Å². The molecule has 0 radical (unpaired) electrons. The van der Waals surface area contributed by atoms with E-state index in [2.05, 4.69) is 50.8 Å². The highest BCUT2D eigenvalue weighted by atomic mass is 19.1. The van der Waals surface area contributed by atoms with Gasteiger partial charge in [-0.3, -0.25) is 9.59 Å². The first-order valence-electron chi connectivity index (χ1n) is 17.0. The van der Waals surface area contributed by atoms with Crippen molar-refractivity contribution in [3.05, 3.63) is 76.6 Å². The van der Waals surface area contributed by atoms with Crippen LogP contribution in [0.4, 0.5) is 4.39 Å². The summed E-state index contributed by atoms with van der Waals surface area (Å²) < 4.78 is 13.5. The second-order valence-corrected chi connectivity index (χ2v) is 17.1. The van der Waals surface area contributed by atoms with Gasteiger partial charge in [-0.05, 0) is 96.8 Å². The first kappa shape index (κ1) is 33.1. The maximum absolute atomic E-state index is 14.7. The number of halogens is 1. The van der Waals surface area contributed by atoms with Crippen LogP contribution in [0.2, 0.25) is 0 Å². The maximum Gasteiger partial charge on any atom is 0.245 e. The average Bonchev–Trinajstić information content (AvgIpc) is 3.00. The molecule has 0 spiro atoms. The lowest BCUT2D eigenvalue weighted by molar-refractivity contribution is -0.163. The van der Waals surface area contributed by atoms with Crippen LogP contribution in [-0.2, 0) is 14.4 Å². The zero-order valence-electron chi connectivity index (χ0n) is 28.7. The summed E-state index contributed by atoms with van der Waals surface area (Å²) in [6.45, 7) is 22.9. The fourth-order valence-corrected chi connectivity index (χ4v) is 11.0. The Morgan fingerprint density at radius 2 is 1.68 bits per heavy atom. The number of nitrogens with zero attached hydrogens (tertiary/aromatic N) is 2. The van der Waals surface area contributed by atoms with E-state index in [1.165, 1.54) is 30.3 Å². The van der Waals surface area contributed by atoms with Gasteiger partial charge in [-0.15, -0.1) is 0 Å². The molecule has 3 saturated carbocycles. The fourth-order valence-electron chi connectivity index (χ4n) is 11.0. The van der Waals surface area contributed by atoms with Gasteiger partial charge < -0.3 is 10.1 Å². The minimum atomic E-state index is -0.713. The average molecular weight is 636 g/mol. The molecule has 7 heteroatoms. The van der Waals surface area contributed by atoms with E-state index in [1.54, 1.807) is 0 Å². The van der Waals surface area contributed by atoms with Crippen LogP contribution in [0.5, 0.6) is 0 Å². The number of carbonyl (C=O) groups excluding carboxylic acids is 3. The predicted octanol–water partition coefficient (Wildman–Crippen LogP) is 8.17. The van der Waals surface area contributed by atoms with E-state index in [0.29, 0.717) is 12.0 Å². The van der Waals surface area contributed by atoms with E-state index in [-0.39, 0.29) is 57.3 Å². The molecule has 0 aromatic heterocycles. The van der Waals surface area contributed by atoms with Crippen molar-refractivity contribution in [2.24, 2.45) is 44.8 Å². The molecule has 0 unspecified atom stereocenters. The SMILES string of the molecule is [C-]#[N+]C1=C[C@]2(C)C3=CC(=O)[C@@H]4[C@@H]5CC(C)(C)CC[C@]5(NC(=O)/C=C(\C#N)c5ccc(F)cc5)CC[C@@]4(C)[C@]3(C)CC[C@H]2C(C)(C)C1=O. The number of rotatable bonds is 3. The summed E-state index contributed by atoms with van der Waals surface area (Å²) >= 11 is 0. The van der Waals surface area contributed by atoms with Crippen LogP contribution in [0.15, 0.2) is 53.8 Å². The van der Waals surface area contributed by atoms with Crippen LogP contribution in [0, 0.1) is 68.5 Å². The van der Waals surface area contributed by atoms with E-state index < -0.39 is 27.6 Å². The van der Waals surface area contributed by atoms with Gasteiger partial charge in [-0.2, -0.15) is 5.26 Å². The Kier molecular flexibility index (Phi) is 7.45. The number of nitrogens with one attached hydrogen (secondary N) is 1. The number of Topliss-reactive ketones (excluding diaryl/α,β-unsaturated/α-hetero) is 1. The van der Waals surface area contributed by atoms with E-state index in [4.69, 9.17) is 6.57 Å². The highest BCUT2D eigenvalue weighted by Crippen LogP contribution is 2.73. The topological polar surface area (TPSA) is 91.4 Å². The molecule has 3 fully saturated rings. The second kappa shape index (κ2) is 10.6. The Morgan fingerprint density at radius 1 is 1.02 bits per heavy atom. The first-order chi connectivity index (χ1) is 21.9. The van der Waals surface area contributed by atoms with Crippen molar-refractivity contribution in [1.82, 2.24) is 5.32 Å². The lowest BCUT2D eigenvalue weighted by Gasteiger charge is -2.69. The molecule has 246 valence electrons. The normalized spacial score (nSPS) is 38.6. The van der Waals surface area contributed by atoms with Crippen LogP contribution in [0.25, 0.3) is 10.4 Å². The van der Waals surface area contributed by atoms with Crippen molar-refractivity contribution >= 4 is 23.0 Å². The summed E-state index contributed by atoms with van der Waals surface area (Å²) in [7, 11) is 0. The van der Waals surface area contributed by atoms with E-state index in [0.717, 1.165) is 44.1 Å². The number of fused-ring (bicyclic) bond motifs is 7. The van der Waals surface area contributed by atoms with E-state index >= 15 is 0 Å². The Labute approximate surface area is 278 Å². The highest BCUT2D eigenvalue weighted by molar-refractivity contribution is 6.03. The Balaban J connectivity index is 1.42. The van der Waals surface area contributed by atoms with Gasteiger partial charge in [-0.1, -0.05) is 72.2 Å². The lowest BCUT2D eigenvalue weighted by Crippen LogP contribution is -2.69. The summed E-state index contributed by atoms with van der Waals surface area (Å²) in [4.78, 5) is 45.5. The lowest BCUT2D eigenvalue weighted by atomic mass is 9.35. The molecule has 5 aliphatic rings. The molecule has 1 aromatic carbocycles. The molecule has 0 aliphatic heterocycles. The maximum atomic E-state index is 14.7. The molecule has 1 aromatic rings. The number of benzene rings is 1. The molecule has 5 aliphatic carbocycles. The third-order valence-electron chi connectivity index (χ3n) is 13.8. The summed E-state index contributed by atoms with van der Waals surface area (Å²) in [5, 5.41) is 13.2. The Hall–Kier alpha value is -3.84. The van der Waals surface area contributed by atoms with Crippen LogP contribution in [-0.4, -0.2) is 23.0 Å². The first-order valence-corrected chi connectivity index (χ1v) is 17.0. The third-order valence-corrected chi connectivity index (χ3v) is 13.8. The van der Waals surface area contributed by atoms with Gasteiger partial charge in [0.1, 0.15) is 5.82 Å². The predicted molar refractivity (Wildman–Crippen MR) is 178 cm³/mol. The quantitative estimate of drug-likeness (QED) is 0.206. The van der Waals surface area contributed by atoms with E-state index in [9.17, 15) is 24.0 Å². The second-order valence-electron chi connectivity index (χ2n) is 17.1. The number of nitriles is 1. The molecule has 0 saturated heterocycles. The van der Waals surface area contributed by atoms with Crippen LogP contribution in [0.3, 0.4) is 0 Å². The Morgan fingerprint density at radius 3 is 2.32 bits per heavy atom. The smallest absolute Gasteiger partial charge is 0.245 e. The van der Waals surface area contributed by atoms with Crippen LogP contribution in [0.1, 0.15) is 99.0 Å². The van der Waals surface area contributed by atoms with Gasteiger partial charge in [0.25, 0.3) is 0 Å². The van der Waals surface area contributed by atoms with Gasteiger partial charge in [-0.25, -0.2) is 9.24 Å². The van der Waals surface area contributed by atoms with E-state index in [1.807, 2.05) is 26.0 Å². The highest BCUT2D eigenvalue weighted by Gasteiger charge is 2.70. The van der Waals surface area contributed by atoms with Crippen molar-refractivity contribution in [1.29, 1.82) is 5.26 Å². The molecule has 0 bridgehead atoms. The van der Waals surface area contributed by atoms with Crippen molar-refractivity contribution < 1.29 is 18.8 Å². The van der Waals surface area contributed by atoms with Crippen LogP contribution < -0.4 is 5.32 Å². The van der Waals surface area contributed by atoms with Crippen molar-refractivity contribution in [2.75, 3.05) is 0 Å². The summed E-state index contributed by atoms with van der Waals surface area (Å²) in [5.74, 6) is -1.26. The van der Waals surface area contributed by atoms with Crippen molar-refractivity contribution in [2.45, 2.75) is 99.0 Å². The van der Waals surface area contributed by atoms with Crippen molar-refractivity contribution in [3.63, 3.8) is 0 Å². The third kappa shape index (κ3) is 4.71. The van der Waals surface area contributed by atoms with Crippen LogP contribution >= 0.6 is 0 Å². The largest absolute Gasteiger partial charge is 0.347 e. The fraction of sp³-hybridized carbons (Fsp3) is 0.575. The van der Waals surface area contributed by atoms with Gasteiger partial charge in [0.05, 0.1) is 18.2 Å². The molecule has 7 atom stereocenters. The van der Waals surface area contributed by atoms with Gasteiger partial charge in [0.15, 0.2) is 11.6 Å². The summed E-state index contributed by atoms with van der Waals surface area (Å²) in [5.41, 5.74) is -0.815. The number of allylic oxidation sites excluding steroid dienone is 5. The summed E-state index contributed by atoms with van der Waals surface area (Å²) in [6.07, 6.45) is 10.6. The molecule has 6 rings (SSSR count). The Bertz CT molecular complexity index is 1750. The minimum Gasteiger partial charge on any atom is -0.347 e.